The third kappa shape index (κ3) is 3.97. The number of hydrogen-bond donors (Lipinski definition) is 2. The number of nitrogens with zero attached hydrogens (tertiary/aromatic N) is 3. The number of ether oxygens (including phenoxy) is 1. The van der Waals surface area contributed by atoms with Crippen molar-refractivity contribution >= 4 is 11.8 Å². The molecule has 31 heavy (non-hydrogen) atoms. The number of imidazole rings is 1. The zero-order valence-corrected chi connectivity index (χ0v) is 18.5. The first kappa shape index (κ1) is 21.2. The topological polar surface area (TPSA) is 82.6 Å². The molecule has 0 spiro atoms. The molecule has 2 aliphatic rings. The van der Waals surface area contributed by atoms with Crippen molar-refractivity contribution < 1.29 is 13.9 Å². The number of carbonyl (C=O) groups is 1. The van der Waals surface area contributed by atoms with Crippen LogP contribution in [-0.2, 0) is 4.74 Å². The molecule has 0 radical (unpaired) electrons. The molecule has 9 heteroatoms. The monoisotopic (exact) mass is 429 g/mol. The van der Waals surface area contributed by atoms with Crippen LogP contribution < -0.4 is 11.1 Å². The molecule has 1 fully saturated rings. The van der Waals surface area contributed by atoms with Gasteiger partial charge in [0.25, 0.3) is 0 Å². The molecule has 2 aromatic rings. The number of aryl methyl sites for hydroxylation is 2. The number of fused-ring (bicyclic) bond motifs is 1. The number of carbonyl (C=O) groups excluding carboxylic acids is 1. The number of rotatable bonds is 2. The number of piperazine rings is 1. The Labute approximate surface area is 180 Å². The van der Waals surface area contributed by atoms with E-state index in [0.29, 0.717) is 36.5 Å². The molecule has 0 aliphatic carbocycles. The van der Waals surface area contributed by atoms with Crippen LogP contribution in [0.3, 0.4) is 0 Å². The molecular weight excluding hydrogens is 401 g/mol. The zero-order chi connectivity index (χ0) is 22.5. The summed E-state index contributed by atoms with van der Waals surface area (Å²) in [4.78, 5) is 29.5. The number of aromatic amines is 1. The number of benzene rings is 1. The molecule has 1 atom stereocenters. The van der Waals surface area contributed by atoms with E-state index in [2.05, 4.69) is 10.4 Å². The summed E-state index contributed by atoms with van der Waals surface area (Å²) >= 11 is 0. The lowest BCUT2D eigenvalue weighted by atomic mass is 9.98. The van der Waals surface area contributed by atoms with E-state index in [0.717, 1.165) is 11.3 Å². The smallest absolute Gasteiger partial charge is 0.410 e. The second-order valence-electron chi connectivity index (χ2n) is 9.05. The van der Waals surface area contributed by atoms with E-state index in [1.54, 1.807) is 47.8 Å². The van der Waals surface area contributed by atoms with Crippen LogP contribution in [0.4, 0.5) is 9.18 Å². The van der Waals surface area contributed by atoms with E-state index in [-0.39, 0.29) is 17.5 Å². The van der Waals surface area contributed by atoms with Crippen molar-refractivity contribution in [1.82, 2.24) is 24.9 Å². The van der Waals surface area contributed by atoms with Crippen molar-refractivity contribution in [3.05, 3.63) is 63.2 Å². The molecule has 166 valence electrons. The standard InChI is InChI=1S/C22H28FN5O3/c1-13-10-15(11-14(2)17(13)23)18-19(27-7-6-24-20(27)29)16-12-26(8-9-28(16)25-18)21(30)31-22(3,4)5/h6-7,10-11,18,25H,8-9,12H2,1-5H3,(H,24,29). The van der Waals surface area contributed by atoms with Crippen LogP contribution in [0.25, 0.3) is 5.70 Å². The van der Waals surface area contributed by atoms with Gasteiger partial charge in [0.2, 0.25) is 0 Å². The van der Waals surface area contributed by atoms with Crippen LogP contribution in [-0.4, -0.2) is 50.8 Å². The lowest BCUT2D eigenvalue weighted by Gasteiger charge is -2.36. The summed E-state index contributed by atoms with van der Waals surface area (Å²) < 4.78 is 21.3. The SMILES string of the molecule is Cc1cc(C2NN3CCN(C(=O)OC(C)(C)C)CC3=C2n2cc[nH]c2=O)cc(C)c1F. The van der Waals surface area contributed by atoms with Gasteiger partial charge in [-0.1, -0.05) is 12.1 Å². The molecule has 1 saturated heterocycles. The zero-order valence-electron chi connectivity index (χ0n) is 18.5. The third-order valence-electron chi connectivity index (χ3n) is 5.47. The van der Waals surface area contributed by atoms with Gasteiger partial charge in [-0.25, -0.2) is 19.4 Å². The van der Waals surface area contributed by atoms with Gasteiger partial charge in [-0.05, 0) is 51.3 Å². The van der Waals surface area contributed by atoms with Gasteiger partial charge in [0, 0.05) is 18.9 Å². The lowest BCUT2D eigenvalue weighted by Crippen LogP contribution is -2.50. The van der Waals surface area contributed by atoms with E-state index in [1.807, 2.05) is 25.8 Å². The minimum Gasteiger partial charge on any atom is -0.444 e. The highest BCUT2D eigenvalue weighted by molar-refractivity contribution is 5.70. The van der Waals surface area contributed by atoms with Gasteiger partial charge in [-0.2, -0.15) is 0 Å². The van der Waals surface area contributed by atoms with E-state index >= 15 is 0 Å². The van der Waals surface area contributed by atoms with Crippen LogP contribution >= 0.6 is 0 Å². The van der Waals surface area contributed by atoms with Crippen molar-refractivity contribution in [3.63, 3.8) is 0 Å². The predicted molar refractivity (Wildman–Crippen MR) is 115 cm³/mol. The first-order chi connectivity index (χ1) is 14.5. The second-order valence-corrected chi connectivity index (χ2v) is 9.05. The minimum absolute atomic E-state index is 0.233. The average Bonchev–Trinajstić information content (AvgIpc) is 3.26. The van der Waals surface area contributed by atoms with Crippen LogP contribution in [0.1, 0.15) is 43.5 Å². The Bertz CT molecular complexity index is 1090. The molecule has 1 aromatic carbocycles. The minimum atomic E-state index is -0.595. The van der Waals surface area contributed by atoms with Crippen LogP contribution in [0.2, 0.25) is 0 Å². The lowest BCUT2D eigenvalue weighted by molar-refractivity contribution is 0.0180. The number of nitrogens with one attached hydrogen (secondary N) is 2. The van der Waals surface area contributed by atoms with Gasteiger partial charge in [0.05, 0.1) is 30.5 Å². The number of aromatic nitrogens is 2. The van der Waals surface area contributed by atoms with Crippen molar-refractivity contribution in [1.29, 1.82) is 0 Å². The number of hydrogen-bond acceptors (Lipinski definition) is 5. The third-order valence-corrected chi connectivity index (χ3v) is 5.47. The summed E-state index contributed by atoms with van der Waals surface area (Å²) in [5.74, 6) is -0.233. The van der Waals surface area contributed by atoms with Crippen LogP contribution in [0, 0.1) is 19.7 Å². The first-order valence-electron chi connectivity index (χ1n) is 10.3. The average molecular weight is 429 g/mol. The van der Waals surface area contributed by atoms with Gasteiger partial charge in [-0.3, -0.25) is 4.57 Å². The maximum Gasteiger partial charge on any atom is 0.410 e. The molecule has 1 amide bonds. The quantitative estimate of drug-likeness (QED) is 0.767. The highest BCUT2D eigenvalue weighted by Crippen LogP contribution is 2.37. The fourth-order valence-corrected chi connectivity index (χ4v) is 4.10. The maximum atomic E-state index is 14.2. The number of halogens is 1. The van der Waals surface area contributed by atoms with Crippen molar-refractivity contribution in [2.45, 2.75) is 46.3 Å². The number of hydrazine groups is 1. The molecule has 3 heterocycles. The summed E-state index contributed by atoms with van der Waals surface area (Å²) in [5.41, 5.74) is 6.03. The molecule has 2 N–H and O–H groups in total. The molecule has 2 aliphatic heterocycles. The highest BCUT2D eigenvalue weighted by atomic mass is 19.1. The number of H-pyrrole nitrogens is 1. The molecular formula is C22H28FN5O3. The predicted octanol–water partition coefficient (Wildman–Crippen LogP) is 2.91. The van der Waals surface area contributed by atoms with Crippen LogP contribution in [0.5, 0.6) is 0 Å². The Hall–Kier alpha value is -3.07. The van der Waals surface area contributed by atoms with Crippen molar-refractivity contribution in [3.8, 4) is 0 Å². The Morgan fingerprint density at radius 1 is 1.19 bits per heavy atom. The molecule has 0 bridgehead atoms. The molecule has 0 saturated carbocycles. The van der Waals surface area contributed by atoms with Crippen molar-refractivity contribution in [2.24, 2.45) is 0 Å². The van der Waals surface area contributed by atoms with E-state index in [9.17, 15) is 14.0 Å². The van der Waals surface area contributed by atoms with Gasteiger partial charge in [-0.15, -0.1) is 0 Å². The second kappa shape index (κ2) is 7.56. The summed E-state index contributed by atoms with van der Waals surface area (Å²) in [5, 5.41) is 1.97. The van der Waals surface area contributed by atoms with Gasteiger partial charge in [0.15, 0.2) is 0 Å². The first-order valence-corrected chi connectivity index (χ1v) is 10.3. The normalized spacial score (nSPS) is 19.1. The summed E-state index contributed by atoms with van der Waals surface area (Å²) in [6, 6.07) is 3.23. The molecule has 4 rings (SSSR count). The largest absolute Gasteiger partial charge is 0.444 e. The molecule has 1 aromatic heterocycles. The highest BCUT2D eigenvalue weighted by Gasteiger charge is 2.39. The van der Waals surface area contributed by atoms with Gasteiger partial charge >= 0.3 is 11.8 Å². The van der Waals surface area contributed by atoms with Crippen LogP contribution in [0.15, 0.2) is 35.0 Å². The fraction of sp³-hybridized carbons (Fsp3) is 0.455. The van der Waals surface area contributed by atoms with E-state index in [4.69, 9.17) is 4.74 Å². The fourth-order valence-electron chi connectivity index (χ4n) is 4.10. The maximum absolute atomic E-state index is 14.2. The van der Waals surface area contributed by atoms with Crippen molar-refractivity contribution in [2.75, 3.05) is 19.6 Å². The summed E-state index contributed by atoms with van der Waals surface area (Å²) in [7, 11) is 0. The van der Waals surface area contributed by atoms with E-state index in [1.165, 1.54) is 0 Å². The van der Waals surface area contributed by atoms with Gasteiger partial charge in [0.1, 0.15) is 11.4 Å². The molecule has 8 nitrogen and oxygen atoms in total. The van der Waals surface area contributed by atoms with Gasteiger partial charge < -0.3 is 19.6 Å². The Balaban J connectivity index is 1.77. The molecule has 1 unspecified atom stereocenters. The Morgan fingerprint density at radius 2 is 1.87 bits per heavy atom. The summed E-state index contributed by atoms with van der Waals surface area (Å²) in [6.07, 6.45) is 2.85. The Morgan fingerprint density at radius 3 is 2.45 bits per heavy atom. The van der Waals surface area contributed by atoms with E-state index < -0.39 is 11.7 Å². The Kier molecular flexibility index (Phi) is 5.17. The summed E-state index contributed by atoms with van der Waals surface area (Å²) in [6.45, 7) is 10.3. The number of amides is 1.